The van der Waals surface area contributed by atoms with Gasteiger partial charge >= 0.3 is 0 Å². The molecular formula is C18H22N2O2S. The molecule has 0 saturated carbocycles. The molecule has 4 nitrogen and oxygen atoms in total. The molecule has 0 unspecified atom stereocenters. The van der Waals surface area contributed by atoms with Crippen LogP contribution in [0.5, 0.6) is 0 Å². The topological polar surface area (TPSA) is 32.8 Å². The Labute approximate surface area is 141 Å². The lowest BCUT2D eigenvalue weighted by Gasteiger charge is -2.34. The smallest absolute Gasteiger partial charge is 0.253 e. The maximum absolute atomic E-state index is 12.6. The number of hydrogen-bond donors (Lipinski definition) is 0. The van der Waals surface area contributed by atoms with Gasteiger partial charge in [-0.1, -0.05) is 36.4 Å². The van der Waals surface area contributed by atoms with Gasteiger partial charge in [0.2, 0.25) is 0 Å². The van der Waals surface area contributed by atoms with E-state index in [2.05, 4.69) is 23.1 Å². The van der Waals surface area contributed by atoms with Gasteiger partial charge in [-0.25, -0.2) is 0 Å². The number of thiophene rings is 1. The van der Waals surface area contributed by atoms with Gasteiger partial charge in [0.05, 0.1) is 13.2 Å². The van der Waals surface area contributed by atoms with Crippen molar-refractivity contribution in [1.29, 1.82) is 0 Å². The molecule has 0 aliphatic carbocycles. The fourth-order valence-corrected chi connectivity index (χ4v) is 3.55. The minimum absolute atomic E-state index is 0.0659. The van der Waals surface area contributed by atoms with Crippen LogP contribution in [-0.2, 0) is 22.6 Å². The van der Waals surface area contributed by atoms with Crippen molar-refractivity contribution in [2.45, 2.75) is 19.2 Å². The average Bonchev–Trinajstić information content (AvgIpc) is 3.08. The molecule has 23 heavy (non-hydrogen) atoms. The molecule has 1 fully saturated rings. The molecule has 1 aliphatic heterocycles. The summed E-state index contributed by atoms with van der Waals surface area (Å²) < 4.78 is 5.72. The summed E-state index contributed by atoms with van der Waals surface area (Å²) in [7, 11) is 1.85. The molecule has 5 heteroatoms. The maximum Gasteiger partial charge on any atom is 0.253 e. The van der Waals surface area contributed by atoms with E-state index in [-0.39, 0.29) is 12.0 Å². The Bertz CT molecular complexity index is 615. The van der Waals surface area contributed by atoms with Gasteiger partial charge in [-0.3, -0.25) is 9.69 Å². The van der Waals surface area contributed by atoms with Crippen LogP contribution in [0.15, 0.2) is 47.8 Å². The summed E-state index contributed by atoms with van der Waals surface area (Å²) in [5.74, 6) is 0.0659. The molecule has 1 aromatic heterocycles. The summed E-state index contributed by atoms with van der Waals surface area (Å²) in [4.78, 5) is 17.9. The third-order valence-corrected chi connectivity index (χ3v) is 4.89. The first kappa shape index (κ1) is 16.2. The molecule has 1 amide bonds. The van der Waals surface area contributed by atoms with E-state index in [1.165, 1.54) is 10.4 Å². The number of hydrogen-bond acceptors (Lipinski definition) is 4. The number of morpholine rings is 1. The Morgan fingerprint density at radius 3 is 2.87 bits per heavy atom. The van der Waals surface area contributed by atoms with Gasteiger partial charge in [0, 0.05) is 31.6 Å². The van der Waals surface area contributed by atoms with Crippen LogP contribution in [0.3, 0.4) is 0 Å². The Morgan fingerprint density at radius 1 is 1.30 bits per heavy atom. The zero-order chi connectivity index (χ0) is 16.1. The molecule has 2 heterocycles. The van der Waals surface area contributed by atoms with Crippen molar-refractivity contribution in [3.8, 4) is 0 Å². The standard InChI is InChI=1S/C18H22N2O2S/c1-19(13-16-8-5-11-23-16)18(21)17-14-20(9-10-22-17)12-15-6-3-2-4-7-15/h2-8,11,17H,9-10,12-14H2,1H3/t17-/m0/s1. The van der Waals surface area contributed by atoms with Crippen LogP contribution in [0.1, 0.15) is 10.4 Å². The maximum atomic E-state index is 12.6. The van der Waals surface area contributed by atoms with Crippen molar-refractivity contribution in [3.63, 3.8) is 0 Å². The van der Waals surface area contributed by atoms with E-state index in [0.29, 0.717) is 19.7 Å². The Hall–Kier alpha value is -1.69. The van der Waals surface area contributed by atoms with E-state index in [1.54, 1.807) is 16.2 Å². The highest BCUT2D eigenvalue weighted by atomic mass is 32.1. The van der Waals surface area contributed by atoms with E-state index < -0.39 is 0 Å². The van der Waals surface area contributed by atoms with Gasteiger partial charge in [0.25, 0.3) is 5.91 Å². The van der Waals surface area contributed by atoms with Crippen LogP contribution < -0.4 is 0 Å². The third kappa shape index (κ3) is 4.41. The lowest BCUT2D eigenvalue weighted by molar-refractivity contribution is -0.148. The number of ether oxygens (including phenoxy) is 1. The van der Waals surface area contributed by atoms with E-state index in [1.807, 2.05) is 36.7 Å². The number of amides is 1. The summed E-state index contributed by atoms with van der Waals surface area (Å²) in [6.45, 7) is 3.64. The first-order valence-corrected chi connectivity index (χ1v) is 8.75. The molecule has 0 bridgehead atoms. The normalized spacial score (nSPS) is 18.7. The molecule has 0 radical (unpaired) electrons. The van der Waals surface area contributed by atoms with Crippen molar-refractivity contribution >= 4 is 17.2 Å². The molecule has 122 valence electrons. The summed E-state index contributed by atoms with van der Waals surface area (Å²) in [5, 5.41) is 2.03. The van der Waals surface area contributed by atoms with E-state index >= 15 is 0 Å². The predicted octanol–water partition coefficient (Wildman–Crippen LogP) is 2.61. The largest absolute Gasteiger partial charge is 0.366 e. The highest BCUT2D eigenvalue weighted by Gasteiger charge is 2.29. The summed E-state index contributed by atoms with van der Waals surface area (Å²) in [6, 6.07) is 14.4. The van der Waals surface area contributed by atoms with Crippen molar-refractivity contribution in [3.05, 3.63) is 58.3 Å². The van der Waals surface area contributed by atoms with E-state index in [9.17, 15) is 4.79 Å². The van der Waals surface area contributed by atoms with Crippen molar-refractivity contribution in [2.75, 3.05) is 26.7 Å². The van der Waals surface area contributed by atoms with Crippen molar-refractivity contribution in [1.82, 2.24) is 9.80 Å². The van der Waals surface area contributed by atoms with Gasteiger partial charge in [0.15, 0.2) is 0 Å². The van der Waals surface area contributed by atoms with Gasteiger partial charge in [-0.15, -0.1) is 11.3 Å². The number of nitrogens with zero attached hydrogens (tertiary/aromatic N) is 2. The zero-order valence-electron chi connectivity index (χ0n) is 13.4. The molecule has 3 rings (SSSR count). The number of likely N-dealkylation sites (N-methyl/N-ethyl adjacent to an activating group) is 1. The number of carbonyl (C=O) groups is 1. The van der Waals surface area contributed by atoms with Crippen molar-refractivity contribution < 1.29 is 9.53 Å². The highest BCUT2D eigenvalue weighted by molar-refractivity contribution is 7.09. The Balaban J connectivity index is 1.56. The minimum Gasteiger partial charge on any atom is -0.366 e. The SMILES string of the molecule is CN(Cc1cccs1)C(=O)[C@@H]1CN(Cc2ccccc2)CCO1. The second kappa shape index (κ2) is 7.73. The quantitative estimate of drug-likeness (QED) is 0.845. The molecule has 1 aliphatic rings. The average molecular weight is 330 g/mol. The second-order valence-electron chi connectivity index (χ2n) is 5.85. The molecule has 0 spiro atoms. The summed E-state index contributed by atoms with van der Waals surface area (Å²) >= 11 is 1.67. The minimum atomic E-state index is -0.363. The predicted molar refractivity (Wildman–Crippen MR) is 92.3 cm³/mol. The van der Waals surface area contributed by atoms with Crippen LogP contribution in [0.2, 0.25) is 0 Å². The molecular weight excluding hydrogens is 308 g/mol. The van der Waals surface area contributed by atoms with E-state index in [0.717, 1.165) is 13.1 Å². The van der Waals surface area contributed by atoms with Crippen LogP contribution in [0, 0.1) is 0 Å². The number of rotatable bonds is 5. The van der Waals surface area contributed by atoms with Crippen LogP contribution in [-0.4, -0.2) is 48.6 Å². The molecule has 1 saturated heterocycles. The summed E-state index contributed by atoms with van der Waals surface area (Å²) in [5.41, 5.74) is 1.27. The first-order chi connectivity index (χ1) is 11.2. The lowest BCUT2D eigenvalue weighted by Crippen LogP contribution is -2.49. The van der Waals surface area contributed by atoms with Gasteiger partial charge in [-0.2, -0.15) is 0 Å². The molecule has 1 aromatic carbocycles. The zero-order valence-corrected chi connectivity index (χ0v) is 14.2. The Morgan fingerprint density at radius 2 is 2.13 bits per heavy atom. The Kier molecular flexibility index (Phi) is 5.43. The second-order valence-corrected chi connectivity index (χ2v) is 6.89. The molecule has 2 aromatic rings. The fourth-order valence-electron chi connectivity index (χ4n) is 2.80. The monoisotopic (exact) mass is 330 g/mol. The highest BCUT2D eigenvalue weighted by Crippen LogP contribution is 2.15. The van der Waals surface area contributed by atoms with Gasteiger partial charge < -0.3 is 9.64 Å². The fraction of sp³-hybridized carbons (Fsp3) is 0.389. The molecule has 1 atom stereocenters. The van der Waals surface area contributed by atoms with Crippen LogP contribution in [0.4, 0.5) is 0 Å². The number of benzene rings is 1. The summed E-state index contributed by atoms with van der Waals surface area (Å²) in [6.07, 6.45) is -0.363. The van der Waals surface area contributed by atoms with Crippen molar-refractivity contribution in [2.24, 2.45) is 0 Å². The number of carbonyl (C=O) groups excluding carboxylic acids is 1. The first-order valence-electron chi connectivity index (χ1n) is 7.87. The van der Waals surface area contributed by atoms with Crippen LogP contribution in [0.25, 0.3) is 0 Å². The van der Waals surface area contributed by atoms with Gasteiger partial charge in [0.1, 0.15) is 6.10 Å². The third-order valence-electron chi connectivity index (χ3n) is 4.02. The van der Waals surface area contributed by atoms with Crippen LogP contribution >= 0.6 is 11.3 Å². The van der Waals surface area contributed by atoms with Gasteiger partial charge in [-0.05, 0) is 17.0 Å². The van der Waals surface area contributed by atoms with E-state index in [4.69, 9.17) is 4.74 Å². The lowest BCUT2D eigenvalue weighted by atomic mass is 10.2. The molecule has 0 N–H and O–H groups in total.